The first kappa shape index (κ1) is 10.3. The van der Waals surface area contributed by atoms with Gasteiger partial charge in [0.05, 0.1) is 13.2 Å². The molecule has 1 aliphatic heterocycles. The molecule has 0 saturated carbocycles. The molecule has 0 aromatic rings. The second kappa shape index (κ2) is 4.44. The van der Waals surface area contributed by atoms with Crippen LogP contribution in [0.5, 0.6) is 0 Å². The highest BCUT2D eigenvalue weighted by atomic mass is 16.6. The Balaban J connectivity index is 2.63. The van der Waals surface area contributed by atoms with Crippen molar-refractivity contribution in [2.45, 2.75) is 13.8 Å². The van der Waals surface area contributed by atoms with Crippen molar-refractivity contribution in [3.8, 4) is 0 Å². The summed E-state index contributed by atoms with van der Waals surface area (Å²) in [6, 6.07) is 0. The fourth-order valence-corrected chi connectivity index (χ4v) is 1.33. The predicted molar refractivity (Wildman–Crippen MR) is 51.6 cm³/mol. The molecule has 3 nitrogen and oxygen atoms in total. The minimum Gasteiger partial charge on any atom is -0.419 e. The Hall–Kier alpha value is -0.800. The van der Waals surface area contributed by atoms with Gasteiger partial charge < -0.3 is 9.57 Å². The SMILES string of the molecule is C=C(/C(=C\ON)C(C)C)C1COC1. The third-order valence-corrected chi connectivity index (χ3v) is 2.32. The zero-order valence-electron chi connectivity index (χ0n) is 8.25. The molecular formula is C10H17NO2. The first-order chi connectivity index (χ1) is 6.16. The van der Waals surface area contributed by atoms with Gasteiger partial charge in [0.2, 0.25) is 0 Å². The molecule has 0 amide bonds. The molecule has 0 spiro atoms. The summed E-state index contributed by atoms with van der Waals surface area (Å²) >= 11 is 0. The highest BCUT2D eigenvalue weighted by Crippen LogP contribution is 2.28. The van der Waals surface area contributed by atoms with Crippen molar-refractivity contribution in [3.05, 3.63) is 24.0 Å². The summed E-state index contributed by atoms with van der Waals surface area (Å²) in [5, 5.41) is 0. The lowest BCUT2D eigenvalue weighted by Gasteiger charge is -2.30. The van der Waals surface area contributed by atoms with Gasteiger partial charge in [-0.1, -0.05) is 20.4 Å². The molecule has 0 radical (unpaired) electrons. The van der Waals surface area contributed by atoms with Gasteiger partial charge in [0.15, 0.2) is 0 Å². The number of rotatable bonds is 4. The lowest BCUT2D eigenvalue weighted by Crippen LogP contribution is -2.30. The molecule has 0 aromatic heterocycles. The molecule has 74 valence electrons. The van der Waals surface area contributed by atoms with Crippen LogP contribution in [0.25, 0.3) is 0 Å². The molecule has 13 heavy (non-hydrogen) atoms. The Labute approximate surface area is 79.2 Å². The highest BCUT2D eigenvalue weighted by Gasteiger charge is 2.25. The van der Waals surface area contributed by atoms with E-state index in [-0.39, 0.29) is 0 Å². The number of allylic oxidation sites excluding steroid dienone is 1. The largest absolute Gasteiger partial charge is 0.419 e. The Morgan fingerprint density at radius 3 is 2.54 bits per heavy atom. The number of hydrogen-bond donors (Lipinski definition) is 1. The van der Waals surface area contributed by atoms with E-state index in [1.807, 2.05) is 0 Å². The molecule has 1 saturated heterocycles. The second-order valence-corrected chi connectivity index (χ2v) is 3.62. The van der Waals surface area contributed by atoms with Crippen molar-refractivity contribution in [2.75, 3.05) is 13.2 Å². The maximum absolute atomic E-state index is 5.10. The lowest BCUT2D eigenvalue weighted by atomic mass is 9.87. The van der Waals surface area contributed by atoms with Crippen molar-refractivity contribution in [1.29, 1.82) is 0 Å². The molecule has 1 rings (SSSR count). The van der Waals surface area contributed by atoms with E-state index in [4.69, 9.17) is 10.6 Å². The van der Waals surface area contributed by atoms with E-state index in [2.05, 4.69) is 25.3 Å². The van der Waals surface area contributed by atoms with Crippen LogP contribution in [0, 0.1) is 11.8 Å². The number of ether oxygens (including phenoxy) is 1. The van der Waals surface area contributed by atoms with E-state index in [1.165, 1.54) is 0 Å². The third-order valence-electron chi connectivity index (χ3n) is 2.32. The summed E-state index contributed by atoms with van der Waals surface area (Å²) in [7, 11) is 0. The minimum atomic E-state index is 0.386. The monoisotopic (exact) mass is 183 g/mol. The standard InChI is InChI=1S/C10H17NO2/c1-7(2)10(6-13-11)8(3)9-4-12-5-9/h6-7,9H,3-5,11H2,1-2H3/b10-6-. The maximum Gasteiger partial charge on any atom is 0.114 e. The van der Waals surface area contributed by atoms with E-state index in [0.717, 1.165) is 24.4 Å². The third kappa shape index (κ3) is 2.32. The first-order valence-electron chi connectivity index (χ1n) is 4.49. The number of nitrogens with two attached hydrogens (primary N) is 1. The fourth-order valence-electron chi connectivity index (χ4n) is 1.33. The van der Waals surface area contributed by atoms with Crippen molar-refractivity contribution in [3.63, 3.8) is 0 Å². The molecule has 0 unspecified atom stereocenters. The zero-order chi connectivity index (χ0) is 9.84. The van der Waals surface area contributed by atoms with Crippen LogP contribution in [0.4, 0.5) is 0 Å². The van der Waals surface area contributed by atoms with Gasteiger partial charge >= 0.3 is 0 Å². The van der Waals surface area contributed by atoms with Crippen LogP contribution in [0.3, 0.4) is 0 Å². The molecule has 1 fully saturated rings. The van der Waals surface area contributed by atoms with Gasteiger partial charge in [0.1, 0.15) is 6.26 Å². The van der Waals surface area contributed by atoms with Gasteiger partial charge in [-0.2, -0.15) is 5.90 Å². The molecule has 1 aliphatic rings. The molecule has 1 heterocycles. The number of hydrogen-bond acceptors (Lipinski definition) is 3. The van der Waals surface area contributed by atoms with Crippen LogP contribution < -0.4 is 5.90 Å². The molecule has 0 aliphatic carbocycles. The lowest BCUT2D eigenvalue weighted by molar-refractivity contribution is -0.0126. The molecule has 3 heteroatoms. The summed E-state index contributed by atoms with van der Waals surface area (Å²) in [6.07, 6.45) is 1.57. The Kier molecular flexibility index (Phi) is 3.51. The average Bonchev–Trinajstić information content (AvgIpc) is 1.95. The quantitative estimate of drug-likeness (QED) is 0.409. The van der Waals surface area contributed by atoms with E-state index in [1.54, 1.807) is 6.26 Å². The molecule has 0 aromatic carbocycles. The minimum absolute atomic E-state index is 0.386. The zero-order valence-corrected chi connectivity index (χ0v) is 8.25. The van der Waals surface area contributed by atoms with Gasteiger partial charge in [0.25, 0.3) is 0 Å². The van der Waals surface area contributed by atoms with E-state index in [9.17, 15) is 0 Å². The van der Waals surface area contributed by atoms with Gasteiger partial charge in [-0.15, -0.1) is 0 Å². The summed E-state index contributed by atoms with van der Waals surface area (Å²) in [6.45, 7) is 9.76. The fraction of sp³-hybridized carbons (Fsp3) is 0.600. The Morgan fingerprint density at radius 1 is 1.62 bits per heavy atom. The van der Waals surface area contributed by atoms with E-state index in [0.29, 0.717) is 11.8 Å². The van der Waals surface area contributed by atoms with E-state index < -0.39 is 0 Å². The molecular weight excluding hydrogens is 166 g/mol. The van der Waals surface area contributed by atoms with Crippen LogP contribution in [-0.4, -0.2) is 13.2 Å². The topological polar surface area (TPSA) is 44.5 Å². The van der Waals surface area contributed by atoms with Crippen molar-refractivity contribution >= 4 is 0 Å². The van der Waals surface area contributed by atoms with Crippen LogP contribution in [0.15, 0.2) is 24.0 Å². The van der Waals surface area contributed by atoms with Crippen molar-refractivity contribution < 1.29 is 9.57 Å². The first-order valence-corrected chi connectivity index (χ1v) is 4.49. The summed E-state index contributed by atoms with van der Waals surface area (Å²) in [5.74, 6) is 5.85. The van der Waals surface area contributed by atoms with Gasteiger partial charge in [-0.05, 0) is 17.1 Å². The highest BCUT2D eigenvalue weighted by molar-refractivity contribution is 5.31. The maximum atomic E-state index is 5.10. The Morgan fingerprint density at radius 2 is 2.23 bits per heavy atom. The van der Waals surface area contributed by atoms with Gasteiger partial charge in [0, 0.05) is 5.92 Å². The molecule has 0 bridgehead atoms. The van der Waals surface area contributed by atoms with Crippen LogP contribution >= 0.6 is 0 Å². The van der Waals surface area contributed by atoms with E-state index >= 15 is 0 Å². The predicted octanol–water partition coefficient (Wildman–Crippen LogP) is 1.62. The van der Waals surface area contributed by atoms with Gasteiger partial charge in [-0.25, -0.2) is 0 Å². The van der Waals surface area contributed by atoms with Crippen LogP contribution in [-0.2, 0) is 9.57 Å². The molecule has 0 atom stereocenters. The second-order valence-electron chi connectivity index (χ2n) is 3.62. The average molecular weight is 183 g/mol. The summed E-state index contributed by atoms with van der Waals surface area (Å²) in [4.78, 5) is 4.54. The van der Waals surface area contributed by atoms with Crippen molar-refractivity contribution in [1.82, 2.24) is 0 Å². The summed E-state index contributed by atoms with van der Waals surface area (Å²) < 4.78 is 5.10. The Bertz CT molecular complexity index is 217. The smallest absolute Gasteiger partial charge is 0.114 e. The van der Waals surface area contributed by atoms with Gasteiger partial charge in [-0.3, -0.25) is 0 Å². The van der Waals surface area contributed by atoms with Crippen LogP contribution in [0.2, 0.25) is 0 Å². The molecule has 2 N–H and O–H groups in total. The van der Waals surface area contributed by atoms with Crippen molar-refractivity contribution in [2.24, 2.45) is 17.7 Å². The summed E-state index contributed by atoms with van der Waals surface area (Å²) in [5.41, 5.74) is 2.17. The normalized spacial score (nSPS) is 18.6. The van der Waals surface area contributed by atoms with Crippen LogP contribution in [0.1, 0.15) is 13.8 Å².